The number of aryl methyl sites for hydroxylation is 1. The molecule has 0 aliphatic heterocycles. The zero-order chi connectivity index (χ0) is 13.1. The molecule has 0 heterocycles. The van der Waals surface area contributed by atoms with E-state index < -0.39 is 0 Å². The van der Waals surface area contributed by atoms with Crippen molar-refractivity contribution >= 4 is 12.6 Å². The molecule has 0 saturated heterocycles. The summed E-state index contributed by atoms with van der Waals surface area (Å²) in [6, 6.07) is 6.31. The van der Waals surface area contributed by atoms with Gasteiger partial charge >= 0.3 is 0 Å². The third-order valence-electron chi connectivity index (χ3n) is 2.60. The smallest absolute Gasteiger partial charge is 0.123 e. The minimum absolute atomic E-state index is 0.0870. The van der Waals surface area contributed by atoms with E-state index in [0.717, 1.165) is 11.3 Å². The van der Waals surface area contributed by atoms with Gasteiger partial charge in [0, 0.05) is 5.75 Å². The molecule has 0 aromatic heterocycles. The van der Waals surface area contributed by atoms with Gasteiger partial charge in [-0.3, -0.25) is 0 Å². The van der Waals surface area contributed by atoms with Crippen LogP contribution in [0.15, 0.2) is 30.4 Å². The molecule has 0 unspecified atom stereocenters. The Bertz CT molecular complexity index is 402. The number of thiol groups is 1. The zero-order valence-electron chi connectivity index (χ0n) is 11.2. The van der Waals surface area contributed by atoms with E-state index in [2.05, 4.69) is 59.0 Å². The maximum Gasteiger partial charge on any atom is 0.123 e. The first-order valence-electron chi connectivity index (χ1n) is 5.86. The number of benzene rings is 1. The van der Waals surface area contributed by atoms with Gasteiger partial charge in [-0.15, -0.1) is 0 Å². The van der Waals surface area contributed by atoms with Gasteiger partial charge in [0.2, 0.25) is 0 Å². The van der Waals surface area contributed by atoms with Gasteiger partial charge in [-0.1, -0.05) is 45.0 Å². The van der Waals surface area contributed by atoms with E-state index >= 15 is 0 Å². The van der Waals surface area contributed by atoms with Crippen molar-refractivity contribution in [3.63, 3.8) is 0 Å². The van der Waals surface area contributed by atoms with E-state index in [1.54, 1.807) is 0 Å². The highest BCUT2D eigenvalue weighted by Crippen LogP contribution is 2.32. The van der Waals surface area contributed by atoms with E-state index in [1.807, 2.05) is 6.07 Å². The molecule has 0 amide bonds. The first kappa shape index (κ1) is 14.2. The highest BCUT2D eigenvalue weighted by atomic mass is 32.1. The molecule has 1 nitrogen and oxygen atoms in total. The van der Waals surface area contributed by atoms with Crippen LogP contribution in [0, 0.1) is 6.92 Å². The van der Waals surface area contributed by atoms with Gasteiger partial charge in [-0.2, -0.15) is 12.6 Å². The quantitative estimate of drug-likeness (QED) is 0.623. The van der Waals surface area contributed by atoms with Crippen molar-refractivity contribution in [2.45, 2.75) is 33.1 Å². The van der Waals surface area contributed by atoms with E-state index in [0.29, 0.717) is 12.4 Å². The Hall–Kier alpha value is -0.890. The minimum Gasteiger partial charge on any atom is -0.489 e. The number of rotatable bonds is 4. The summed E-state index contributed by atoms with van der Waals surface area (Å²) < 4.78 is 5.82. The molecule has 1 rings (SSSR count). The van der Waals surface area contributed by atoms with Crippen LogP contribution in [0.2, 0.25) is 0 Å². The first-order chi connectivity index (χ1) is 7.84. The lowest BCUT2D eigenvalue weighted by Crippen LogP contribution is -2.14. The monoisotopic (exact) mass is 250 g/mol. The fourth-order valence-electron chi connectivity index (χ4n) is 1.58. The zero-order valence-corrected chi connectivity index (χ0v) is 12.1. The van der Waals surface area contributed by atoms with Gasteiger partial charge in [0.25, 0.3) is 0 Å². The normalized spacial score (nSPS) is 11.4. The molecule has 1 aromatic rings. The highest BCUT2D eigenvalue weighted by Gasteiger charge is 2.19. The van der Waals surface area contributed by atoms with Crippen LogP contribution in [0.1, 0.15) is 31.9 Å². The Morgan fingerprint density at radius 2 is 2.00 bits per heavy atom. The third kappa shape index (κ3) is 4.12. The van der Waals surface area contributed by atoms with Gasteiger partial charge < -0.3 is 4.74 Å². The summed E-state index contributed by atoms with van der Waals surface area (Å²) in [6.07, 6.45) is 0. The molecule has 0 N–H and O–H groups in total. The molecular formula is C15H22OS. The topological polar surface area (TPSA) is 9.23 Å². The summed E-state index contributed by atoms with van der Waals surface area (Å²) in [5.74, 6) is 1.61. The average Bonchev–Trinajstić information content (AvgIpc) is 2.25. The molecule has 0 radical (unpaired) electrons. The maximum absolute atomic E-state index is 5.82. The lowest BCUT2D eigenvalue weighted by molar-refractivity contribution is 0.342. The van der Waals surface area contributed by atoms with Crippen LogP contribution in [0.5, 0.6) is 5.75 Å². The molecule has 0 atom stereocenters. The Labute approximate surface area is 110 Å². The summed E-state index contributed by atoms with van der Waals surface area (Å²) in [4.78, 5) is 0. The van der Waals surface area contributed by atoms with Crippen molar-refractivity contribution in [3.8, 4) is 5.75 Å². The van der Waals surface area contributed by atoms with Crippen LogP contribution in [0.3, 0.4) is 0 Å². The molecular weight excluding hydrogens is 228 g/mol. The van der Waals surface area contributed by atoms with Gasteiger partial charge in [-0.25, -0.2) is 0 Å². The molecule has 2 heteroatoms. The third-order valence-corrected chi connectivity index (χ3v) is 3.05. The molecule has 0 spiro atoms. The Morgan fingerprint density at radius 1 is 1.35 bits per heavy atom. The summed E-state index contributed by atoms with van der Waals surface area (Å²) in [6.45, 7) is 13.1. The molecule has 0 aliphatic carbocycles. The van der Waals surface area contributed by atoms with Crippen molar-refractivity contribution in [2.75, 3.05) is 12.4 Å². The van der Waals surface area contributed by atoms with Crippen molar-refractivity contribution in [1.82, 2.24) is 0 Å². The number of hydrogen-bond donors (Lipinski definition) is 1. The second kappa shape index (κ2) is 5.63. The fourth-order valence-corrected chi connectivity index (χ4v) is 1.67. The molecule has 0 aliphatic rings. The van der Waals surface area contributed by atoms with Crippen LogP contribution >= 0.6 is 12.6 Å². The molecule has 1 aromatic carbocycles. The largest absolute Gasteiger partial charge is 0.489 e. The Balaban J connectivity index is 2.95. The minimum atomic E-state index is 0.0870. The lowest BCUT2D eigenvalue weighted by atomic mass is 9.85. The number of hydrogen-bond acceptors (Lipinski definition) is 2. The van der Waals surface area contributed by atoms with E-state index in [9.17, 15) is 0 Å². The van der Waals surface area contributed by atoms with Crippen LogP contribution in [-0.2, 0) is 5.41 Å². The predicted octanol–water partition coefficient (Wildman–Crippen LogP) is 4.16. The first-order valence-corrected chi connectivity index (χ1v) is 6.49. The van der Waals surface area contributed by atoms with Gasteiger partial charge in [0.15, 0.2) is 0 Å². The average molecular weight is 250 g/mol. The summed E-state index contributed by atoms with van der Waals surface area (Å²) in [5.41, 5.74) is 3.58. The molecule has 0 bridgehead atoms. The fraction of sp³-hybridized carbons (Fsp3) is 0.467. The lowest BCUT2D eigenvalue weighted by Gasteiger charge is -2.23. The molecule has 0 fully saturated rings. The molecule has 94 valence electrons. The van der Waals surface area contributed by atoms with Crippen LogP contribution in [0.4, 0.5) is 0 Å². The second-order valence-electron chi connectivity index (χ2n) is 5.45. The second-order valence-corrected chi connectivity index (χ2v) is 5.76. The maximum atomic E-state index is 5.82. The number of ether oxygens (including phenoxy) is 1. The van der Waals surface area contributed by atoms with Crippen LogP contribution < -0.4 is 4.74 Å². The van der Waals surface area contributed by atoms with E-state index in [1.165, 1.54) is 11.1 Å². The molecule has 0 saturated carbocycles. The Morgan fingerprint density at radius 3 is 2.53 bits per heavy atom. The standard InChI is InChI=1S/C15H22OS/c1-11-6-7-14(16-9-12(2)10-17)13(8-11)15(3,4)5/h6-8,17H,2,9-10H2,1,3-5H3. The van der Waals surface area contributed by atoms with Crippen molar-refractivity contribution < 1.29 is 4.74 Å². The summed E-state index contributed by atoms with van der Waals surface area (Å²) in [5, 5.41) is 0. The van der Waals surface area contributed by atoms with Crippen molar-refractivity contribution in [1.29, 1.82) is 0 Å². The molecule has 17 heavy (non-hydrogen) atoms. The summed E-state index contributed by atoms with van der Waals surface area (Å²) in [7, 11) is 0. The van der Waals surface area contributed by atoms with E-state index in [4.69, 9.17) is 4.74 Å². The summed E-state index contributed by atoms with van der Waals surface area (Å²) >= 11 is 4.18. The van der Waals surface area contributed by atoms with Crippen molar-refractivity contribution in [3.05, 3.63) is 41.5 Å². The van der Waals surface area contributed by atoms with Gasteiger partial charge in [-0.05, 0) is 29.5 Å². The SMILES string of the molecule is C=C(CS)COc1ccc(C)cc1C(C)(C)C. The van der Waals surface area contributed by atoms with E-state index in [-0.39, 0.29) is 5.41 Å². The predicted molar refractivity (Wildman–Crippen MR) is 78.4 cm³/mol. The Kier molecular flexibility index (Phi) is 4.70. The van der Waals surface area contributed by atoms with Gasteiger partial charge in [0.05, 0.1) is 0 Å². The van der Waals surface area contributed by atoms with Crippen LogP contribution in [0.25, 0.3) is 0 Å². The van der Waals surface area contributed by atoms with Gasteiger partial charge in [0.1, 0.15) is 12.4 Å². The highest BCUT2D eigenvalue weighted by molar-refractivity contribution is 7.80. The van der Waals surface area contributed by atoms with Crippen LogP contribution in [-0.4, -0.2) is 12.4 Å². The van der Waals surface area contributed by atoms with Crippen molar-refractivity contribution in [2.24, 2.45) is 0 Å².